The molecule has 0 aliphatic carbocycles. The number of rotatable bonds is 16. The Labute approximate surface area is 332 Å². The van der Waals surface area contributed by atoms with Gasteiger partial charge in [0.2, 0.25) is 0 Å². The molecule has 1 N–H and O–H groups in total. The van der Waals surface area contributed by atoms with Gasteiger partial charge in [0.15, 0.2) is 0 Å². The molecule has 10 nitrogen and oxygen atoms in total. The van der Waals surface area contributed by atoms with Crippen LogP contribution in [0, 0.1) is 0 Å². The van der Waals surface area contributed by atoms with E-state index in [0.717, 1.165) is 32.4 Å². The van der Waals surface area contributed by atoms with Crippen molar-refractivity contribution in [2.24, 2.45) is 0 Å². The second kappa shape index (κ2) is 18.1. The standard InChI is InChI=1S/C45H44N2O8Se/c1-51-37-22-18-35(19-23-37)45(34-16-10-5-11-17-34,36-20-24-38(52-2)25-21-36)54-29-39-41(49)42(56-30-33-14-8-4-9-15-33)43(55-39)46-27-26-40(48)47(44(46)50)31-53-28-32-12-6-3-7-13-32/h3-27,39,41-43,49H,28-31H2,1-2H3/t39-,41-,42-,43-/m1/s1. The number of aliphatic hydroxyl groups excluding tert-OH is 1. The van der Waals surface area contributed by atoms with Gasteiger partial charge in [-0.3, -0.25) is 0 Å². The van der Waals surface area contributed by atoms with E-state index < -0.39 is 40.1 Å². The van der Waals surface area contributed by atoms with Gasteiger partial charge in [0, 0.05) is 0 Å². The van der Waals surface area contributed by atoms with Crippen molar-refractivity contribution in [3.8, 4) is 11.5 Å². The van der Waals surface area contributed by atoms with Crippen LogP contribution in [0.2, 0.25) is 4.82 Å². The Balaban J connectivity index is 1.23. The fourth-order valence-corrected chi connectivity index (χ4v) is 9.73. The first-order valence-electron chi connectivity index (χ1n) is 18.3. The van der Waals surface area contributed by atoms with Crippen molar-refractivity contribution in [3.63, 3.8) is 0 Å². The molecule has 11 heteroatoms. The van der Waals surface area contributed by atoms with Gasteiger partial charge < -0.3 is 0 Å². The quantitative estimate of drug-likeness (QED) is 0.0915. The molecule has 0 bridgehead atoms. The van der Waals surface area contributed by atoms with E-state index in [9.17, 15) is 14.7 Å². The van der Waals surface area contributed by atoms with E-state index in [0.29, 0.717) is 16.8 Å². The zero-order chi connectivity index (χ0) is 38.9. The molecule has 0 spiro atoms. The van der Waals surface area contributed by atoms with Crippen LogP contribution >= 0.6 is 0 Å². The molecule has 1 fully saturated rings. The number of methoxy groups -OCH3 is 2. The Kier molecular flexibility index (Phi) is 12.6. The molecule has 2 heterocycles. The average Bonchev–Trinajstić information content (AvgIpc) is 3.56. The molecular formula is C45H44N2O8Se. The summed E-state index contributed by atoms with van der Waals surface area (Å²) in [6, 6.07) is 46.3. The van der Waals surface area contributed by atoms with Crippen molar-refractivity contribution in [1.29, 1.82) is 0 Å². The Bertz CT molecular complexity index is 2220. The van der Waals surface area contributed by atoms with E-state index in [1.165, 1.54) is 16.8 Å². The van der Waals surface area contributed by atoms with Gasteiger partial charge in [-0.25, -0.2) is 0 Å². The third kappa shape index (κ3) is 8.44. The molecule has 0 saturated carbocycles. The minimum atomic E-state index is -1.15. The van der Waals surface area contributed by atoms with Gasteiger partial charge in [-0.15, -0.1) is 0 Å². The van der Waals surface area contributed by atoms with E-state index in [4.69, 9.17) is 23.7 Å². The van der Waals surface area contributed by atoms with Gasteiger partial charge in [0.25, 0.3) is 0 Å². The first kappa shape index (κ1) is 39.0. The third-order valence-electron chi connectivity index (χ3n) is 9.94. The SMILES string of the molecule is COc1ccc(C(OC[C@H]2O[C@@H](n3ccc(=O)n(COCc4ccccc4)c3=O)[C@H]([Se]Cc3ccccc3)[C@@H]2O)(c2ccccc2)c2ccc(OC)cc2)cc1. The summed E-state index contributed by atoms with van der Waals surface area (Å²) in [7, 11) is 3.25. The Morgan fingerprint density at radius 2 is 1.23 bits per heavy atom. The van der Waals surface area contributed by atoms with Crippen LogP contribution in [-0.4, -0.2) is 62.2 Å². The number of ether oxygens (including phenoxy) is 5. The number of aliphatic hydroxyl groups is 1. The maximum absolute atomic E-state index is 14.1. The predicted molar refractivity (Wildman–Crippen MR) is 214 cm³/mol. The van der Waals surface area contributed by atoms with E-state index in [1.54, 1.807) is 14.2 Å². The van der Waals surface area contributed by atoms with Gasteiger partial charge in [-0.05, 0) is 0 Å². The average molecular weight is 820 g/mol. The van der Waals surface area contributed by atoms with E-state index >= 15 is 0 Å². The summed E-state index contributed by atoms with van der Waals surface area (Å²) in [4.78, 5) is 26.6. The van der Waals surface area contributed by atoms with Gasteiger partial charge in [-0.2, -0.15) is 0 Å². The zero-order valence-corrected chi connectivity index (χ0v) is 32.9. The summed E-state index contributed by atoms with van der Waals surface area (Å²) < 4.78 is 33.1. The van der Waals surface area contributed by atoms with Crippen LogP contribution in [0.3, 0.4) is 0 Å². The number of hydrogen-bond donors (Lipinski definition) is 1. The fraction of sp³-hybridized carbons (Fsp3) is 0.244. The summed E-state index contributed by atoms with van der Waals surface area (Å²) in [5.74, 6) is 1.40. The van der Waals surface area contributed by atoms with Crippen LogP contribution in [0.1, 0.15) is 34.0 Å². The Morgan fingerprint density at radius 3 is 1.80 bits per heavy atom. The van der Waals surface area contributed by atoms with Gasteiger partial charge >= 0.3 is 333 Å². The summed E-state index contributed by atoms with van der Waals surface area (Å²) in [5, 5.41) is 12.9. The Hall–Kier alpha value is -5.26. The third-order valence-corrected chi connectivity index (χ3v) is 12.9. The van der Waals surface area contributed by atoms with E-state index in [1.807, 2.05) is 140 Å². The molecule has 5 aromatic carbocycles. The predicted octanol–water partition coefficient (Wildman–Crippen LogP) is 6.16. The van der Waals surface area contributed by atoms with Crippen molar-refractivity contribution >= 4 is 15.0 Å². The molecule has 0 unspecified atom stereocenters. The molecule has 288 valence electrons. The van der Waals surface area contributed by atoms with Crippen molar-refractivity contribution in [2.45, 2.75) is 47.5 Å². The van der Waals surface area contributed by atoms with Crippen LogP contribution in [0.25, 0.3) is 0 Å². The van der Waals surface area contributed by atoms with Gasteiger partial charge in [0.05, 0.1) is 0 Å². The molecule has 1 aliphatic heterocycles. The second-order valence-corrected chi connectivity index (χ2v) is 15.8. The molecule has 1 aromatic heterocycles. The van der Waals surface area contributed by atoms with Crippen LogP contribution in [0.5, 0.6) is 11.5 Å². The molecular weight excluding hydrogens is 775 g/mol. The van der Waals surface area contributed by atoms with Gasteiger partial charge in [0.1, 0.15) is 0 Å². The van der Waals surface area contributed by atoms with Crippen LogP contribution in [-0.2, 0) is 38.5 Å². The molecule has 1 aliphatic rings. The van der Waals surface area contributed by atoms with Crippen molar-refractivity contribution in [1.82, 2.24) is 9.13 Å². The van der Waals surface area contributed by atoms with Crippen LogP contribution < -0.4 is 20.7 Å². The molecule has 56 heavy (non-hydrogen) atoms. The molecule has 7 rings (SSSR count). The number of benzene rings is 5. The summed E-state index contributed by atoms with van der Waals surface area (Å²) in [6.45, 7) is -0.0382. The zero-order valence-electron chi connectivity index (χ0n) is 31.2. The van der Waals surface area contributed by atoms with Crippen LogP contribution in [0.15, 0.2) is 161 Å². The Morgan fingerprint density at radius 1 is 0.696 bits per heavy atom. The molecule has 0 radical (unpaired) electrons. The van der Waals surface area contributed by atoms with E-state index in [2.05, 4.69) is 0 Å². The summed E-state index contributed by atoms with van der Waals surface area (Å²) in [6.07, 6.45) is -1.24. The minimum absolute atomic E-state index is 0.0306. The van der Waals surface area contributed by atoms with Crippen molar-refractivity contribution < 1.29 is 28.8 Å². The summed E-state index contributed by atoms with van der Waals surface area (Å²) >= 11 is -0.229. The van der Waals surface area contributed by atoms with Crippen LogP contribution in [0.4, 0.5) is 0 Å². The normalized spacial score (nSPS) is 18.1. The summed E-state index contributed by atoms with van der Waals surface area (Å²) in [5.41, 5.74) is 2.35. The molecule has 1 saturated heterocycles. The number of nitrogens with zero attached hydrogens (tertiary/aromatic N) is 2. The molecule has 4 atom stereocenters. The van der Waals surface area contributed by atoms with Crippen molar-refractivity contribution in [3.05, 3.63) is 200 Å². The fourth-order valence-electron chi connectivity index (χ4n) is 6.98. The number of aromatic nitrogens is 2. The monoisotopic (exact) mass is 820 g/mol. The first-order valence-corrected chi connectivity index (χ1v) is 20.5. The number of hydrogen-bond acceptors (Lipinski definition) is 8. The topological polar surface area (TPSA) is 110 Å². The van der Waals surface area contributed by atoms with Gasteiger partial charge in [-0.1, -0.05) is 0 Å². The first-order chi connectivity index (χ1) is 27.4. The second-order valence-electron chi connectivity index (χ2n) is 13.4. The molecule has 6 aromatic rings. The maximum atomic E-state index is 14.1. The molecule has 0 amide bonds. The van der Waals surface area contributed by atoms with Crippen molar-refractivity contribution in [2.75, 3.05) is 20.8 Å². The van der Waals surface area contributed by atoms with E-state index in [-0.39, 0.29) is 34.9 Å².